The lowest BCUT2D eigenvalue weighted by Crippen LogP contribution is -2.04. The van der Waals surface area contributed by atoms with Gasteiger partial charge in [-0.2, -0.15) is 5.10 Å². The van der Waals surface area contributed by atoms with Crippen LogP contribution in [-0.2, 0) is 6.54 Å². The second-order valence-electron chi connectivity index (χ2n) is 3.72. The lowest BCUT2D eigenvalue weighted by molar-refractivity contribution is 0.268. The zero-order valence-electron chi connectivity index (χ0n) is 8.81. The van der Waals surface area contributed by atoms with Gasteiger partial charge in [-0.05, 0) is 12.3 Å². The van der Waals surface area contributed by atoms with Crippen molar-refractivity contribution in [1.82, 2.24) is 9.78 Å². The van der Waals surface area contributed by atoms with E-state index in [1.807, 2.05) is 6.20 Å². The molecule has 0 atom stereocenters. The fraction of sp³-hybridized carbons (Fsp3) is 0.700. The number of aromatic nitrogens is 2. The Balaban J connectivity index is 2.35. The number of aliphatic hydroxyl groups is 1. The van der Waals surface area contributed by atoms with E-state index in [2.05, 4.69) is 18.9 Å². The maximum atomic E-state index is 8.64. The van der Waals surface area contributed by atoms with Crippen LogP contribution in [0.4, 0.5) is 0 Å². The van der Waals surface area contributed by atoms with Gasteiger partial charge in [0.15, 0.2) is 5.75 Å². The van der Waals surface area contributed by atoms with Gasteiger partial charge in [0.2, 0.25) is 0 Å². The molecule has 1 aromatic rings. The standard InChI is InChI=1S/C10H18N2O2/c1-9(2)8-14-10-6-11-12(7-10)4-3-5-13/h6-7,9,13H,3-5,8H2,1-2H3. The zero-order valence-corrected chi connectivity index (χ0v) is 8.81. The highest BCUT2D eigenvalue weighted by atomic mass is 16.5. The summed E-state index contributed by atoms with van der Waals surface area (Å²) in [4.78, 5) is 0. The molecule has 4 heteroatoms. The van der Waals surface area contributed by atoms with Crippen LogP contribution in [0.1, 0.15) is 20.3 Å². The van der Waals surface area contributed by atoms with Gasteiger partial charge in [-0.15, -0.1) is 0 Å². The van der Waals surface area contributed by atoms with Crippen molar-refractivity contribution >= 4 is 0 Å². The quantitative estimate of drug-likeness (QED) is 0.749. The molecule has 0 unspecified atom stereocenters. The topological polar surface area (TPSA) is 47.3 Å². The fourth-order valence-electron chi connectivity index (χ4n) is 1.04. The number of hydrogen-bond donors (Lipinski definition) is 1. The number of nitrogens with zero attached hydrogens (tertiary/aromatic N) is 2. The number of ether oxygens (including phenoxy) is 1. The van der Waals surface area contributed by atoms with E-state index in [9.17, 15) is 0 Å². The van der Waals surface area contributed by atoms with Crippen LogP contribution >= 0.6 is 0 Å². The van der Waals surface area contributed by atoms with Crippen LogP contribution in [0.15, 0.2) is 12.4 Å². The van der Waals surface area contributed by atoms with Crippen LogP contribution in [0.2, 0.25) is 0 Å². The molecule has 1 heterocycles. The molecular weight excluding hydrogens is 180 g/mol. The molecule has 0 aliphatic rings. The third kappa shape index (κ3) is 3.79. The van der Waals surface area contributed by atoms with Crippen LogP contribution in [-0.4, -0.2) is 28.1 Å². The number of rotatable bonds is 6. The molecule has 4 nitrogen and oxygen atoms in total. The van der Waals surface area contributed by atoms with E-state index >= 15 is 0 Å². The van der Waals surface area contributed by atoms with Crippen LogP contribution < -0.4 is 4.74 Å². The fourth-order valence-corrected chi connectivity index (χ4v) is 1.04. The molecular formula is C10H18N2O2. The van der Waals surface area contributed by atoms with Crippen molar-refractivity contribution in [2.24, 2.45) is 5.92 Å². The molecule has 0 radical (unpaired) electrons. The van der Waals surface area contributed by atoms with Crippen LogP contribution in [0.25, 0.3) is 0 Å². The Morgan fingerprint density at radius 3 is 3.00 bits per heavy atom. The molecule has 0 fully saturated rings. The predicted molar refractivity (Wildman–Crippen MR) is 54.3 cm³/mol. The van der Waals surface area contributed by atoms with Gasteiger partial charge in [0.05, 0.1) is 19.0 Å². The average Bonchev–Trinajstić information content (AvgIpc) is 2.59. The van der Waals surface area contributed by atoms with Crippen molar-refractivity contribution in [3.63, 3.8) is 0 Å². The molecule has 0 spiro atoms. The summed E-state index contributed by atoms with van der Waals surface area (Å²) in [6, 6.07) is 0. The van der Waals surface area contributed by atoms with Gasteiger partial charge in [0.25, 0.3) is 0 Å². The summed E-state index contributed by atoms with van der Waals surface area (Å²) < 4.78 is 7.27. The minimum Gasteiger partial charge on any atom is -0.490 e. The summed E-state index contributed by atoms with van der Waals surface area (Å²) in [5, 5.41) is 12.8. The normalized spacial score (nSPS) is 10.9. The Bertz CT molecular complexity index is 258. The Labute approximate surface area is 84.5 Å². The molecule has 80 valence electrons. The summed E-state index contributed by atoms with van der Waals surface area (Å²) in [6.45, 7) is 5.86. The van der Waals surface area contributed by atoms with Gasteiger partial charge in [0.1, 0.15) is 0 Å². The number of aryl methyl sites for hydroxylation is 1. The van der Waals surface area contributed by atoms with Gasteiger partial charge in [-0.1, -0.05) is 13.8 Å². The first-order valence-electron chi connectivity index (χ1n) is 4.98. The maximum absolute atomic E-state index is 8.64. The van der Waals surface area contributed by atoms with Crippen LogP contribution in [0, 0.1) is 5.92 Å². The lowest BCUT2D eigenvalue weighted by Gasteiger charge is -2.05. The monoisotopic (exact) mass is 198 g/mol. The molecule has 0 aliphatic heterocycles. The minimum absolute atomic E-state index is 0.196. The van der Waals surface area contributed by atoms with Crippen molar-refractivity contribution in [2.75, 3.05) is 13.2 Å². The first kappa shape index (κ1) is 11.0. The SMILES string of the molecule is CC(C)COc1cnn(CCCO)c1. The molecule has 0 amide bonds. The highest BCUT2D eigenvalue weighted by molar-refractivity contribution is 5.11. The Morgan fingerprint density at radius 1 is 1.57 bits per heavy atom. The second-order valence-corrected chi connectivity index (χ2v) is 3.72. The minimum atomic E-state index is 0.196. The van der Waals surface area contributed by atoms with Crippen LogP contribution in [0.3, 0.4) is 0 Å². The largest absolute Gasteiger partial charge is 0.490 e. The Hall–Kier alpha value is -1.03. The van der Waals surface area contributed by atoms with Crippen molar-refractivity contribution in [2.45, 2.75) is 26.8 Å². The molecule has 0 saturated heterocycles. The number of hydrogen-bond acceptors (Lipinski definition) is 3. The van der Waals surface area contributed by atoms with Crippen molar-refractivity contribution < 1.29 is 9.84 Å². The summed E-state index contributed by atoms with van der Waals surface area (Å²) in [7, 11) is 0. The van der Waals surface area contributed by atoms with Gasteiger partial charge in [0, 0.05) is 13.2 Å². The highest BCUT2D eigenvalue weighted by Gasteiger charge is 2.00. The molecule has 1 N–H and O–H groups in total. The second kappa shape index (κ2) is 5.65. The zero-order chi connectivity index (χ0) is 10.4. The summed E-state index contributed by atoms with van der Waals surface area (Å²) in [5.41, 5.74) is 0. The summed E-state index contributed by atoms with van der Waals surface area (Å²) in [5.74, 6) is 1.33. The van der Waals surface area contributed by atoms with Gasteiger partial charge < -0.3 is 9.84 Å². The molecule has 1 rings (SSSR count). The van der Waals surface area contributed by atoms with E-state index in [1.165, 1.54) is 0 Å². The Kier molecular flexibility index (Phi) is 4.46. The average molecular weight is 198 g/mol. The van der Waals surface area contributed by atoms with E-state index < -0.39 is 0 Å². The first-order chi connectivity index (χ1) is 6.72. The van der Waals surface area contributed by atoms with Crippen molar-refractivity contribution in [3.05, 3.63) is 12.4 Å². The van der Waals surface area contributed by atoms with E-state index in [0.717, 1.165) is 18.7 Å². The molecule has 1 aromatic heterocycles. The van der Waals surface area contributed by atoms with Crippen molar-refractivity contribution in [1.29, 1.82) is 0 Å². The van der Waals surface area contributed by atoms with E-state index in [0.29, 0.717) is 12.5 Å². The van der Waals surface area contributed by atoms with E-state index in [4.69, 9.17) is 9.84 Å². The number of aliphatic hydroxyl groups excluding tert-OH is 1. The summed E-state index contributed by atoms with van der Waals surface area (Å²) in [6.07, 6.45) is 4.29. The first-order valence-corrected chi connectivity index (χ1v) is 4.98. The molecule has 14 heavy (non-hydrogen) atoms. The maximum Gasteiger partial charge on any atom is 0.157 e. The predicted octanol–water partition coefficient (Wildman–Crippen LogP) is 1.30. The summed E-state index contributed by atoms with van der Waals surface area (Å²) >= 11 is 0. The molecule has 0 aliphatic carbocycles. The van der Waals surface area contributed by atoms with Gasteiger partial charge in [-0.25, -0.2) is 0 Å². The molecule has 0 saturated carbocycles. The highest BCUT2D eigenvalue weighted by Crippen LogP contribution is 2.09. The third-order valence-electron chi connectivity index (χ3n) is 1.74. The third-order valence-corrected chi connectivity index (χ3v) is 1.74. The van der Waals surface area contributed by atoms with Gasteiger partial charge >= 0.3 is 0 Å². The Morgan fingerprint density at radius 2 is 2.36 bits per heavy atom. The van der Waals surface area contributed by atoms with E-state index in [1.54, 1.807) is 10.9 Å². The molecule has 0 bridgehead atoms. The van der Waals surface area contributed by atoms with Crippen LogP contribution in [0.5, 0.6) is 5.75 Å². The van der Waals surface area contributed by atoms with Crippen molar-refractivity contribution in [3.8, 4) is 5.75 Å². The van der Waals surface area contributed by atoms with Gasteiger partial charge in [-0.3, -0.25) is 4.68 Å². The van der Waals surface area contributed by atoms with E-state index in [-0.39, 0.29) is 6.61 Å². The smallest absolute Gasteiger partial charge is 0.157 e. The molecule has 0 aromatic carbocycles. The lowest BCUT2D eigenvalue weighted by atomic mass is 10.2.